The van der Waals surface area contributed by atoms with Gasteiger partial charge in [-0.3, -0.25) is 4.79 Å². The fourth-order valence-corrected chi connectivity index (χ4v) is 2.33. The second-order valence-corrected chi connectivity index (χ2v) is 5.16. The van der Waals surface area contributed by atoms with E-state index < -0.39 is 0 Å². The Kier molecular flexibility index (Phi) is 5.04. The van der Waals surface area contributed by atoms with Gasteiger partial charge in [0.15, 0.2) is 0 Å². The highest BCUT2D eigenvalue weighted by atomic mass is 16.5. The van der Waals surface area contributed by atoms with Gasteiger partial charge in [0.2, 0.25) is 0 Å². The summed E-state index contributed by atoms with van der Waals surface area (Å²) >= 11 is 0. The highest BCUT2D eigenvalue weighted by Gasteiger charge is 2.15. The molecule has 116 valence electrons. The number of carbonyl (C=O) groups is 1. The van der Waals surface area contributed by atoms with Gasteiger partial charge in [-0.15, -0.1) is 0 Å². The number of amides is 1. The van der Waals surface area contributed by atoms with Gasteiger partial charge in [0, 0.05) is 24.7 Å². The molecule has 0 saturated carbocycles. The molecule has 0 spiro atoms. The Bertz CT molecular complexity index is 667. The Labute approximate surface area is 131 Å². The van der Waals surface area contributed by atoms with E-state index in [1.54, 1.807) is 32.2 Å². The number of hydrogen-bond donors (Lipinski definition) is 0. The lowest BCUT2D eigenvalue weighted by molar-refractivity contribution is 0.0784. The van der Waals surface area contributed by atoms with Crippen molar-refractivity contribution in [2.45, 2.75) is 13.5 Å². The number of ether oxygens (including phenoxy) is 2. The molecule has 0 aliphatic carbocycles. The van der Waals surface area contributed by atoms with E-state index in [1.165, 1.54) is 0 Å². The molecule has 4 heteroatoms. The van der Waals surface area contributed by atoms with Crippen LogP contribution in [0.2, 0.25) is 0 Å². The number of methoxy groups -OCH3 is 2. The zero-order valence-corrected chi connectivity index (χ0v) is 13.4. The maximum Gasteiger partial charge on any atom is 0.254 e. The number of carbonyl (C=O) groups excluding carboxylic acids is 1. The van der Waals surface area contributed by atoms with E-state index >= 15 is 0 Å². The summed E-state index contributed by atoms with van der Waals surface area (Å²) in [5.74, 6) is 1.45. The van der Waals surface area contributed by atoms with Crippen molar-refractivity contribution >= 4 is 5.91 Å². The van der Waals surface area contributed by atoms with Crippen molar-refractivity contribution in [1.29, 1.82) is 0 Å². The molecule has 1 amide bonds. The summed E-state index contributed by atoms with van der Waals surface area (Å²) in [6.07, 6.45) is 0. The Morgan fingerprint density at radius 2 is 1.73 bits per heavy atom. The molecule has 0 N–H and O–H groups in total. The molecule has 0 radical (unpaired) electrons. The molecule has 2 rings (SSSR count). The van der Waals surface area contributed by atoms with E-state index in [-0.39, 0.29) is 5.91 Å². The molecule has 0 heterocycles. The molecular formula is C18H21NO3. The quantitative estimate of drug-likeness (QED) is 0.850. The van der Waals surface area contributed by atoms with Gasteiger partial charge in [0.25, 0.3) is 5.91 Å². The third kappa shape index (κ3) is 3.39. The maximum absolute atomic E-state index is 12.6. The number of nitrogens with zero attached hydrogens (tertiary/aromatic N) is 1. The van der Waals surface area contributed by atoms with Gasteiger partial charge < -0.3 is 14.4 Å². The molecule has 0 saturated heterocycles. The molecule has 2 aromatic rings. The van der Waals surface area contributed by atoms with Crippen LogP contribution in [0.5, 0.6) is 11.5 Å². The summed E-state index contributed by atoms with van der Waals surface area (Å²) in [6, 6.07) is 13.2. The van der Waals surface area contributed by atoms with Crippen molar-refractivity contribution in [2.75, 3.05) is 21.3 Å². The first-order valence-electron chi connectivity index (χ1n) is 7.08. The van der Waals surface area contributed by atoms with E-state index in [0.717, 1.165) is 22.6 Å². The third-order valence-corrected chi connectivity index (χ3v) is 3.60. The molecule has 22 heavy (non-hydrogen) atoms. The number of benzene rings is 2. The normalized spacial score (nSPS) is 10.2. The van der Waals surface area contributed by atoms with Gasteiger partial charge in [0.1, 0.15) is 11.5 Å². The molecule has 0 bridgehead atoms. The van der Waals surface area contributed by atoms with Gasteiger partial charge in [0.05, 0.1) is 14.2 Å². The van der Waals surface area contributed by atoms with Crippen molar-refractivity contribution < 1.29 is 14.3 Å². The minimum absolute atomic E-state index is 0.0517. The van der Waals surface area contributed by atoms with Crippen LogP contribution in [0.1, 0.15) is 21.5 Å². The van der Waals surface area contributed by atoms with Crippen LogP contribution >= 0.6 is 0 Å². The molecule has 0 atom stereocenters. The zero-order valence-electron chi connectivity index (χ0n) is 13.4. The molecule has 0 aromatic heterocycles. The van der Waals surface area contributed by atoms with Crippen LogP contribution in [0.15, 0.2) is 42.5 Å². The Balaban J connectivity index is 2.19. The molecule has 4 nitrogen and oxygen atoms in total. The van der Waals surface area contributed by atoms with Crippen molar-refractivity contribution in [1.82, 2.24) is 4.90 Å². The van der Waals surface area contributed by atoms with Gasteiger partial charge in [-0.25, -0.2) is 0 Å². The number of rotatable bonds is 5. The van der Waals surface area contributed by atoms with Crippen LogP contribution in [-0.4, -0.2) is 32.1 Å². The summed E-state index contributed by atoms with van der Waals surface area (Å²) in [4.78, 5) is 14.2. The van der Waals surface area contributed by atoms with Gasteiger partial charge in [-0.1, -0.05) is 24.3 Å². The first-order chi connectivity index (χ1) is 10.6. The van der Waals surface area contributed by atoms with Crippen LogP contribution in [0.25, 0.3) is 0 Å². The van der Waals surface area contributed by atoms with Crippen molar-refractivity contribution in [3.8, 4) is 11.5 Å². The lowest BCUT2D eigenvalue weighted by Crippen LogP contribution is -2.26. The Morgan fingerprint density at radius 1 is 1.05 bits per heavy atom. The highest BCUT2D eigenvalue weighted by molar-refractivity contribution is 5.94. The van der Waals surface area contributed by atoms with Gasteiger partial charge in [-0.05, 0) is 30.7 Å². The van der Waals surface area contributed by atoms with Crippen LogP contribution in [0.4, 0.5) is 0 Å². The minimum Gasteiger partial charge on any atom is -0.496 e. The first kappa shape index (κ1) is 15.9. The second kappa shape index (κ2) is 6.98. The van der Waals surface area contributed by atoms with E-state index in [0.29, 0.717) is 12.1 Å². The van der Waals surface area contributed by atoms with E-state index in [9.17, 15) is 4.79 Å². The van der Waals surface area contributed by atoms with Crippen LogP contribution in [-0.2, 0) is 6.54 Å². The summed E-state index contributed by atoms with van der Waals surface area (Å²) < 4.78 is 10.6. The number of hydrogen-bond acceptors (Lipinski definition) is 3. The lowest BCUT2D eigenvalue weighted by Gasteiger charge is -2.19. The third-order valence-electron chi connectivity index (χ3n) is 3.60. The largest absolute Gasteiger partial charge is 0.496 e. The molecule has 0 aliphatic rings. The Hall–Kier alpha value is -2.49. The standard InChI is InChI=1S/C18H21NO3/c1-13-9-10-14(11-17(13)22-4)18(20)19(2)12-15-7-5-6-8-16(15)21-3/h5-11H,12H2,1-4H3. The predicted octanol–water partition coefficient (Wildman–Crippen LogP) is 3.28. The van der Waals surface area contributed by atoms with Crippen LogP contribution < -0.4 is 9.47 Å². The second-order valence-electron chi connectivity index (χ2n) is 5.16. The fraction of sp³-hybridized carbons (Fsp3) is 0.278. The Morgan fingerprint density at radius 3 is 2.41 bits per heavy atom. The highest BCUT2D eigenvalue weighted by Crippen LogP contribution is 2.22. The summed E-state index contributed by atoms with van der Waals surface area (Å²) in [6.45, 7) is 2.44. The van der Waals surface area contributed by atoms with Gasteiger partial charge >= 0.3 is 0 Å². The fourth-order valence-electron chi connectivity index (χ4n) is 2.33. The van der Waals surface area contributed by atoms with E-state index in [4.69, 9.17) is 9.47 Å². The summed E-state index contributed by atoms with van der Waals surface area (Å²) in [5.41, 5.74) is 2.59. The average Bonchev–Trinajstić information content (AvgIpc) is 2.55. The van der Waals surface area contributed by atoms with Crippen molar-refractivity contribution in [3.05, 3.63) is 59.2 Å². The number of para-hydroxylation sites is 1. The maximum atomic E-state index is 12.6. The summed E-state index contributed by atoms with van der Waals surface area (Å²) in [7, 11) is 5.02. The number of aryl methyl sites for hydroxylation is 1. The van der Waals surface area contributed by atoms with Crippen molar-refractivity contribution in [3.63, 3.8) is 0 Å². The SMILES string of the molecule is COc1cc(C(=O)N(C)Cc2ccccc2OC)ccc1C. The van der Waals surface area contributed by atoms with Crippen molar-refractivity contribution in [2.24, 2.45) is 0 Å². The molecule has 0 aliphatic heterocycles. The minimum atomic E-state index is -0.0517. The molecular weight excluding hydrogens is 278 g/mol. The molecule has 0 unspecified atom stereocenters. The smallest absolute Gasteiger partial charge is 0.254 e. The van der Waals surface area contributed by atoms with Gasteiger partial charge in [-0.2, -0.15) is 0 Å². The van der Waals surface area contributed by atoms with E-state index in [2.05, 4.69) is 0 Å². The molecule has 2 aromatic carbocycles. The first-order valence-corrected chi connectivity index (χ1v) is 7.08. The summed E-state index contributed by atoms with van der Waals surface area (Å²) in [5, 5.41) is 0. The average molecular weight is 299 g/mol. The lowest BCUT2D eigenvalue weighted by atomic mass is 10.1. The van der Waals surface area contributed by atoms with E-state index in [1.807, 2.05) is 43.3 Å². The molecule has 0 fully saturated rings. The zero-order chi connectivity index (χ0) is 16.1. The monoisotopic (exact) mass is 299 g/mol. The van der Waals surface area contributed by atoms with Crippen LogP contribution in [0, 0.1) is 6.92 Å². The predicted molar refractivity (Wildman–Crippen MR) is 86.5 cm³/mol. The van der Waals surface area contributed by atoms with Crippen LogP contribution in [0.3, 0.4) is 0 Å². The topological polar surface area (TPSA) is 38.8 Å².